The summed E-state index contributed by atoms with van der Waals surface area (Å²) in [4.78, 5) is 4.29. The van der Waals surface area contributed by atoms with Gasteiger partial charge in [0.15, 0.2) is 0 Å². The number of rotatable bonds is 4. The first-order valence-corrected chi connectivity index (χ1v) is 5.98. The highest BCUT2D eigenvalue weighted by Gasteiger charge is 2.16. The number of hydrogen-bond acceptors (Lipinski definition) is 5. The molecule has 0 radical (unpaired) electrons. The number of aromatic nitrogens is 2. The number of nitrogens with two attached hydrogens (primary N) is 1. The molecule has 0 aliphatic rings. The molecule has 1 atom stereocenters. The van der Waals surface area contributed by atoms with Crippen LogP contribution in [-0.2, 0) is 6.42 Å². The molecule has 96 valence electrons. The fourth-order valence-electron chi connectivity index (χ4n) is 1.85. The number of nitrogens with zero attached hydrogens (tertiary/aromatic N) is 2. The van der Waals surface area contributed by atoms with Gasteiger partial charge >= 0.3 is 0 Å². The molecule has 19 heavy (non-hydrogen) atoms. The van der Waals surface area contributed by atoms with Crippen molar-refractivity contribution in [3.8, 4) is 11.4 Å². The fourth-order valence-corrected chi connectivity index (χ4v) is 1.85. The van der Waals surface area contributed by atoms with Crippen molar-refractivity contribution in [2.75, 3.05) is 0 Å². The van der Waals surface area contributed by atoms with E-state index < -0.39 is 0 Å². The highest BCUT2D eigenvalue weighted by molar-refractivity contribution is 5.51. The molecule has 0 spiro atoms. The first-order chi connectivity index (χ1) is 9.33. The summed E-state index contributed by atoms with van der Waals surface area (Å²) in [5, 5.41) is 3.90. The third-order valence-corrected chi connectivity index (χ3v) is 2.84. The molecular formula is C14H13N3O2. The Morgan fingerprint density at radius 2 is 2.00 bits per heavy atom. The summed E-state index contributed by atoms with van der Waals surface area (Å²) in [5.41, 5.74) is 7.99. The van der Waals surface area contributed by atoms with Gasteiger partial charge in [-0.3, -0.25) is 0 Å². The van der Waals surface area contributed by atoms with Gasteiger partial charge in [-0.15, -0.1) is 0 Å². The first kappa shape index (κ1) is 11.7. The van der Waals surface area contributed by atoms with Crippen molar-refractivity contribution >= 4 is 0 Å². The lowest BCUT2D eigenvalue weighted by atomic mass is 10.1. The second-order valence-electron chi connectivity index (χ2n) is 4.26. The molecule has 1 aromatic carbocycles. The number of furan rings is 1. The van der Waals surface area contributed by atoms with E-state index in [1.165, 1.54) is 0 Å². The zero-order valence-corrected chi connectivity index (χ0v) is 10.2. The summed E-state index contributed by atoms with van der Waals surface area (Å²) in [6, 6.07) is 11.4. The van der Waals surface area contributed by atoms with Crippen molar-refractivity contribution < 1.29 is 8.94 Å². The molecule has 5 nitrogen and oxygen atoms in total. The van der Waals surface area contributed by atoms with E-state index in [2.05, 4.69) is 10.1 Å². The van der Waals surface area contributed by atoms with Gasteiger partial charge in [0, 0.05) is 0 Å². The highest BCUT2D eigenvalue weighted by Crippen LogP contribution is 2.20. The standard InChI is InChI=1S/C14H13N3O2/c15-12(8-10-4-2-1-3-5-10)14-16-13(17-19-14)11-6-7-18-9-11/h1-7,9,12H,8,15H2/t12-/m1/s1. The van der Waals surface area contributed by atoms with Crippen molar-refractivity contribution in [2.24, 2.45) is 5.73 Å². The molecule has 0 saturated heterocycles. The minimum absolute atomic E-state index is 0.310. The van der Waals surface area contributed by atoms with Gasteiger partial charge in [0.2, 0.25) is 11.7 Å². The van der Waals surface area contributed by atoms with Crippen LogP contribution >= 0.6 is 0 Å². The molecule has 0 unspecified atom stereocenters. The van der Waals surface area contributed by atoms with E-state index in [0.29, 0.717) is 18.1 Å². The Labute approximate surface area is 110 Å². The summed E-state index contributed by atoms with van der Waals surface area (Å²) in [6.45, 7) is 0. The summed E-state index contributed by atoms with van der Waals surface area (Å²) in [5.74, 6) is 0.923. The van der Waals surface area contributed by atoms with Crippen LogP contribution in [0.25, 0.3) is 11.4 Å². The molecular weight excluding hydrogens is 242 g/mol. The minimum Gasteiger partial charge on any atom is -0.472 e. The van der Waals surface area contributed by atoms with E-state index in [4.69, 9.17) is 14.7 Å². The maximum Gasteiger partial charge on any atom is 0.244 e. The Balaban J connectivity index is 1.76. The lowest BCUT2D eigenvalue weighted by Gasteiger charge is -2.05. The van der Waals surface area contributed by atoms with Crippen LogP contribution in [0.5, 0.6) is 0 Å². The second-order valence-corrected chi connectivity index (χ2v) is 4.26. The first-order valence-electron chi connectivity index (χ1n) is 5.98. The number of hydrogen-bond donors (Lipinski definition) is 1. The smallest absolute Gasteiger partial charge is 0.244 e. The maximum absolute atomic E-state index is 6.07. The lowest BCUT2D eigenvalue weighted by Crippen LogP contribution is -2.13. The fraction of sp³-hybridized carbons (Fsp3) is 0.143. The SMILES string of the molecule is N[C@H](Cc1ccccc1)c1nc(-c2ccoc2)no1. The summed E-state index contributed by atoms with van der Waals surface area (Å²) in [6.07, 6.45) is 3.79. The van der Waals surface area contributed by atoms with Gasteiger partial charge < -0.3 is 14.7 Å². The van der Waals surface area contributed by atoms with Crippen LogP contribution in [-0.4, -0.2) is 10.1 Å². The van der Waals surface area contributed by atoms with Crippen LogP contribution in [0, 0.1) is 0 Å². The molecule has 3 aromatic rings. The van der Waals surface area contributed by atoms with Crippen LogP contribution in [0.4, 0.5) is 0 Å². The van der Waals surface area contributed by atoms with E-state index in [1.807, 2.05) is 30.3 Å². The lowest BCUT2D eigenvalue weighted by molar-refractivity contribution is 0.354. The minimum atomic E-state index is -0.310. The zero-order valence-electron chi connectivity index (χ0n) is 10.2. The molecule has 0 bridgehead atoms. The highest BCUT2D eigenvalue weighted by atomic mass is 16.5. The molecule has 2 heterocycles. The van der Waals surface area contributed by atoms with Crippen molar-refractivity contribution in [2.45, 2.75) is 12.5 Å². The van der Waals surface area contributed by atoms with Crippen LogP contribution in [0.1, 0.15) is 17.5 Å². The van der Waals surface area contributed by atoms with Crippen molar-refractivity contribution in [3.05, 3.63) is 60.4 Å². The summed E-state index contributed by atoms with van der Waals surface area (Å²) < 4.78 is 10.2. The van der Waals surface area contributed by atoms with Gasteiger partial charge in [-0.25, -0.2) is 0 Å². The van der Waals surface area contributed by atoms with E-state index in [9.17, 15) is 0 Å². The third kappa shape index (κ3) is 2.56. The van der Waals surface area contributed by atoms with Crippen molar-refractivity contribution in [1.82, 2.24) is 10.1 Å². The molecule has 2 aromatic heterocycles. The average molecular weight is 255 g/mol. The average Bonchev–Trinajstić information content (AvgIpc) is 3.11. The normalized spacial score (nSPS) is 12.5. The van der Waals surface area contributed by atoms with Crippen LogP contribution in [0.15, 0.2) is 57.9 Å². The molecule has 0 aliphatic carbocycles. The largest absolute Gasteiger partial charge is 0.472 e. The van der Waals surface area contributed by atoms with Gasteiger partial charge in [-0.2, -0.15) is 4.98 Å². The van der Waals surface area contributed by atoms with Gasteiger partial charge in [0.05, 0.1) is 17.9 Å². The molecule has 3 rings (SSSR count). The zero-order chi connectivity index (χ0) is 13.1. The predicted molar refractivity (Wildman–Crippen MR) is 69.1 cm³/mol. The quantitative estimate of drug-likeness (QED) is 0.775. The molecule has 2 N–H and O–H groups in total. The van der Waals surface area contributed by atoms with Crippen molar-refractivity contribution in [1.29, 1.82) is 0 Å². The summed E-state index contributed by atoms with van der Waals surface area (Å²) >= 11 is 0. The molecule has 0 aliphatic heterocycles. The topological polar surface area (TPSA) is 78.1 Å². The maximum atomic E-state index is 6.07. The third-order valence-electron chi connectivity index (χ3n) is 2.84. The monoisotopic (exact) mass is 255 g/mol. The van der Waals surface area contributed by atoms with Gasteiger partial charge in [-0.05, 0) is 18.1 Å². The van der Waals surface area contributed by atoms with Crippen molar-refractivity contribution in [3.63, 3.8) is 0 Å². The Morgan fingerprint density at radius 3 is 2.74 bits per heavy atom. The second kappa shape index (κ2) is 5.07. The van der Waals surface area contributed by atoms with Crippen LogP contribution < -0.4 is 5.73 Å². The van der Waals surface area contributed by atoms with E-state index in [1.54, 1.807) is 18.6 Å². The van der Waals surface area contributed by atoms with Gasteiger partial charge in [0.1, 0.15) is 6.26 Å². The Morgan fingerprint density at radius 1 is 1.16 bits per heavy atom. The van der Waals surface area contributed by atoms with E-state index in [0.717, 1.165) is 11.1 Å². The molecule has 0 amide bonds. The van der Waals surface area contributed by atoms with E-state index in [-0.39, 0.29) is 6.04 Å². The van der Waals surface area contributed by atoms with Crippen LogP contribution in [0.3, 0.4) is 0 Å². The summed E-state index contributed by atoms with van der Waals surface area (Å²) in [7, 11) is 0. The molecule has 0 fully saturated rings. The molecule has 5 heteroatoms. The molecule has 0 saturated carbocycles. The Hall–Kier alpha value is -2.40. The van der Waals surface area contributed by atoms with E-state index >= 15 is 0 Å². The van der Waals surface area contributed by atoms with Crippen LogP contribution in [0.2, 0.25) is 0 Å². The van der Waals surface area contributed by atoms with Gasteiger partial charge in [0.25, 0.3) is 0 Å². The predicted octanol–water partition coefficient (Wildman–Crippen LogP) is 2.57. The van der Waals surface area contributed by atoms with Gasteiger partial charge in [-0.1, -0.05) is 35.5 Å². The Bertz CT molecular complexity index is 632. The number of benzene rings is 1. The Kier molecular flexibility index (Phi) is 3.12.